The maximum Gasteiger partial charge on any atom is 0.338 e. The molecule has 3 rings (SSSR count). The first-order valence-corrected chi connectivity index (χ1v) is 5.28. The second kappa shape index (κ2) is 3.41. The van der Waals surface area contributed by atoms with E-state index in [0.29, 0.717) is 16.8 Å². The Bertz CT molecular complexity index is 549. The summed E-state index contributed by atoms with van der Waals surface area (Å²) in [7, 11) is 0. The number of hydrogen-bond donors (Lipinski definition) is 0. The SMILES string of the molecule is O=C1CC(=O)N(c2cccc3c2COC3=O)C1. The highest BCUT2D eigenvalue weighted by atomic mass is 16.5. The van der Waals surface area contributed by atoms with E-state index in [0.717, 1.165) is 0 Å². The molecule has 86 valence electrons. The Morgan fingerprint density at radius 1 is 1.18 bits per heavy atom. The minimum Gasteiger partial charge on any atom is -0.457 e. The molecule has 0 saturated carbocycles. The van der Waals surface area contributed by atoms with Gasteiger partial charge in [0.25, 0.3) is 0 Å². The molecule has 1 amide bonds. The summed E-state index contributed by atoms with van der Waals surface area (Å²) in [5, 5.41) is 0. The van der Waals surface area contributed by atoms with Gasteiger partial charge in [-0.05, 0) is 12.1 Å². The first-order chi connectivity index (χ1) is 8.16. The zero-order valence-corrected chi connectivity index (χ0v) is 8.93. The lowest BCUT2D eigenvalue weighted by atomic mass is 10.1. The molecule has 17 heavy (non-hydrogen) atoms. The van der Waals surface area contributed by atoms with E-state index >= 15 is 0 Å². The van der Waals surface area contributed by atoms with Crippen LogP contribution in [0.4, 0.5) is 5.69 Å². The standard InChI is InChI=1S/C12H9NO4/c14-7-4-11(15)13(5-7)10-3-1-2-8-9(10)6-17-12(8)16/h1-3H,4-6H2. The van der Waals surface area contributed by atoms with Crippen LogP contribution in [0.2, 0.25) is 0 Å². The smallest absolute Gasteiger partial charge is 0.338 e. The fourth-order valence-electron chi connectivity index (χ4n) is 2.19. The molecule has 0 bridgehead atoms. The van der Waals surface area contributed by atoms with Gasteiger partial charge in [-0.25, -0.2) is 4.79 Å². The molecule has 1 fully saturated rings. The number of anilines is 1. The molecule has 2 aliphatic rings. The van der Waals surface area contributed by atoms with E-state index in [1.165, 1.54) is 4.90 Å². The molecule has 5 nitrogen and oxygen atoms in total. The number of benzene rings is 1. The van der Waals surface area contributed by atoms with Crippen molar-refractivity contribution in [2.45, 2.75) is 13.0 Å². The fourth-order valence-corrected chi connectivity index (χ4v) is 2.19. The predicted molar refractivity (Wildman–Crippen MR) is 57.5 cm³/mol. The Morgan fingerprint density at radius 3 is 2.71 bits per heavy atom. The van der Waals surface area contributed by atoms with Crippen LogP contribution in [0.3, 0.4) is 0 Å². The Hall–Kier alpha value is -2.17. The van der Waals surface area contributed by atoms with Gasteiger partial charge >= 0.3 is 5.97 Å². The van der Waals surface area contributed by atoms with Crippen LogP contribution < -0.4 is 4.90 Å². The Morgan fingerprint density at radius 2 is 2.00 bits per heavy atom. The van der Waals surface area contributed by atoms with Gasteiger partial charge in [0.15, 0.2) is 5.78 Å². The zero-order chi connectivity index (χ0) is 12.0. The van der Waals surface area contributed by atoms with Crippen molar-refractivity contribution in [3.63, 3.8) is 0 Å². The summed E-state index contributed by atoms with van der Waals surface area (Å²) in [4.78, 5) is 35.7. The van der Waals surface area contributed by atoms with Crippen LogP contribution in [0.5, 0.6) is 0 Å². The lowest BCUT2D eigenvalue weighted by molar-refractivity contribution is -0.121. The van der Waals surface area contributed by atoms with Gasteiger partial charge in [-0.2, -0.15) is 0 Å². The molecule has 5 heteroatoms. The van der Waals surface area contributed by atoms with Crippen LogP contribution in [0.1, 0.15) is 22.3 Å². The van der Waals surface area contributed by atoms with Gasteiger partial charge < -0.3 is 9.64 Å². The van der Waals surface area contributed by atoms with Crippen LogP contribution in [-0.4, -0.2) is 24.2 Å². The van der Waals surface area contributed by atoms with E-state index in [2.05, 4.69) is 0 Å². The number of hydrogen-bond acceptors (Lipinski definition) is 4. The summed E-state index contributed by atoms with van der Waals surface area (Å²) in [6.45, 7) is 0.256. The Kier molecular flexibility index (Phi) is 2.01. The van der Waals surface area contributed by atoms with Crippen LogP contribution >= 0.6 is 0 Å². The lowest BCUT2D eigenvalue weighted by Crippen LogP contribution is -2.25. The van der Waals surface area contributed by atoms with E-state index in [1.807, 2.05) is 0 Å². The van der Waals surface area contributed by atoms with E-state index in [1.54, 1.807) is 18.2 Å². The molecular weight excluding hydrogens is 222 g/mol. The average molecular weight is 231 g/mol. The van der Waals surface area contributed by atoms with Crippen LogP contribution in [-0.2, 0) is 20.9 Å². The molecule has 1 aromatic carbocycles. The molecule has 2 aliphatic heterocycles. The molecular formula is C12H9NO4. The summed E-state index contributed by atoms with van der Waals surface area (Å²) in [6.07, 6.45) is -0.0571. The van der Waals surface area contributed by atoms with Gasteiger partial charge in [-0.3, -0.25) is 9.59 Å². The van der Waals surface area contributed by atoms with Crippen molar-refractivity contribution in [3.8, 4) is 0 Å². The van der Waals surface area contributed by atoms with Crippen molar-refractivity contribution in [1.82, 2.24) is 0 Å². The van der Waals surface area contributed by atoms with Gasteiger partial charge in [0.1, 0.15) is 6.61 Å². The maximum atomic E-state index is 11.6. The molecule has 2 heterocycles. The number of Topliss-reactive ketones (excluding diaryl/α,β-unsaturated/α-hetero) is 1. The van der Waals surface area contributed by atoms with E-state index in [9.17, 15) is 14.4 Å². The largest absolute Gasteiger partial charge is 0.457 e. The third-order valence-corrected chi connectivity index (χ3v) is 2.99. The van der Waals surface area contributed by atoms with E-state index in [4.69, 9.17) is 4.74 Å². The first-order valence-electron chi connectivity index (χ1n) is 5.28. The number of esters is 1. The maximum absolute atomic E-state index is 11.6. The molecule has 0 aromatic heterocycles. The predicted octanol–water partition coefficient (Wildman–Crippen LogP) is 0.663. The van der Waals surface area contributed by atoms with Gasteiger partial charge in [0, 0.05) is 5.56 Å². The number of cyclic esters (lactones) is 1. The number of amides is 1. The quantitative estimate of drug-likeness (QED) is 0.526. The minimum atomic E-state index is -0.375. The molecule has 0 unspecified atom stereocenters. The topological polar surface area (TPSA) is 63.7 Å². The molecule has 1 saturated heterocycles. The van der Waals surface area contributed by atoms with Crippen molar-refractivity contribution in [2.75, 3.05) is 11.4 Å². The van der Waals surface area contributed by atoms with Crippen LogP contribution in [0.25, 0.3) is 0 Å². The van der Waals surface area contributed by atoms with Gasteiger partial charge in [-0.15, -0.1) is 0 Å². The van der Waals surface area contributed by atoms with Crippen LogP contribution in [0, 0.1) is 0 Å². The summed E-state index contributed by atoms with van der Waals surface area (Å²) in [5.74, 6) is -0.694. The number of carbonyl (C=O) groups excluding carboxylic acids is 3. The number of rotatable bonds is 1. The third-order valence-electron chi connectivity index (χ3n) is 2.99. The van der Waals surface area contributed by atoms with Crippen molar-refractivity contribution in [3.05, 3.63) is 29.3 Å². The molecule has 1 aromatic rings. The normalized spacial score (nSPS) is 18.6. The minimum absolute atomic E-state index is 0.0571. The van der Waals surface area contributed by atoms with Gasteiger partial charge in [-0.1, -0.05) is 6.07 Å². The second-order valence-electron chi connectivity index (χ2n) is 4.07. The van der Waals surface area contributed by atoms with Crippen molar-refractivity contribution in [2.24, 2.45) is 0 Å². The number of ketones is 1. The average Bonchev–Trinajstić information content (AvgIpc) is 2.83. The molecule has 0 aliphatic carbocycles. The number of fused-ring (bicyclic) bond motifs is 1. The Labute approximate surface area is 97.0 Å². The molecule has 0 radical (unpaired) electrons. The molecule has 0 N–H and O–H groups in total. The van der Waals surface area contributed by atoms with E-state index in [-0.39, 0.29) is 37.2 Å². The van der Waals surface area contributed by atoms with Crippen molar-refractivity contribution >= 4 is 23.3 Å². The number of carbonyl (C=O) groups is 3. The summed E-state index contributed by atoms with van der Waals surface area (Å²) >= 11 is 0. The highest BCUT2D eigenvalue weighted by molar-refractivity contribution is 6.15. The fraction of sp³-hybridized carbons (Fsp3) is 0.250. The molecule has 0 spiro atoms. The van der Waals surface area contributed by atoms with Gasteiger partial charge in [0.2, 0.25) is 5.91 Å². The number of ether oxygens (including phenoxy) is 1. The second-order valence-corrected chi connectivity index (χ2v) is 4.07. The zero-order valence-electron chi connectivity index (χ0n) is 8.93. The van der Waals surface area contributed by atoms with E-state index < -0.39 is 0 Å². The summed E-state index contributed by atoms with van der Waals surface area (Å²) in [6, 6.07) is 5.09. The highest BCUT2D eigenvalue weighted by Crippen LogP contribution is 2.31. The molecule has 0 atom stereocenters. The number of nitrogens with zero attached hydrogens (tertiary/aromatic N) is 1. The monoisotopic (exact) mass is 231 g/mol. The lowest BCUT2D eigenvalue weighted by Gasteiger charge is -2.17. The van der Waals surface area contributed by atoms with Crippen molar-refractivity contribution < 1.29 is 19.1 Å². The third kappa shape index (κ3) is 1.43. The first kappa shape index (κ1) is 10.0. The van der Waals surface area contributed by atoms with Gasteiger partial charge in [0.05, 0.1) is 24.2 Å². The van der Waals surface area contributed by atoms with Crippen LogP contribution in [0.15, 0.2) is 18.2 Å². The highest BCUT2D eigenvalue weighted by Gasteiger charge is 2.33. The summed E-state index contributed by atoms with van der Waals surface area (Å²) < 4.78 is 4.92. The summed E-state index contributed by atoms with van der Waals surface area (Å²) in [5.41, 5.74) is 1.79. The van der Waals surface area contributed by atoms with Crippen molar-refractivity contribution in [1.29, 1.82) is 0 Å². The Balaban J connectivity index is 2.08.